The maximum atomic E-state index is 12.1. The van der Waals surface area contributed by atoms with E-state index in [9.17, 15) is 4.79 Å². The van der Waals surface area contributed by atoms with Crippen molar-refractivity contribution in [3.63, 3.8) is 0 Å². The highest BCUT2D eigenvalue weighted by atomic mass is 16.1. The highest BCUT2D eigenvalue weighted by Gasteiger charge is 2.10. The molecule has 0 bridgehead atoms. The van der Waals surface area contributed by atoms with Gasteiger partial charge < -0.3 is 11.1 Å². The van der Waals surface area contributed by atoms with E-state index in [4.69, 9.17) is 5.73 Å². The Morgan fingerprint density at radius 3 is 2.75 bits per heavy atom. The molecule has 0 unspecified atom stereocenters. The summed E-state index contributed by atoms with van der Waals surface area (Å²) < 4.78 is 1.64. The number of rotatable bonds is 4. The van der Waals surface area contributed by atoms with E-state index in [-0.39, 0.29) is 5.91 Å². The first-order valence-electron chi connectivity index (χ1n) is 6.47. The van der Waals surface area contributed by atoms with Crippen LogP contribution < -0.4 is 11.1 Å². The van der Waals surface area contributed by atoms with E-state index in [1.165, 1.54) is 0 Å². The van der Waals surface area contributed by atoms with Gasteiger partial charge in [-0.15, -0.1) is 0 Å². The summed E-state index contributed by atoms with van der Waals surface area (Å²) in [5.74, 6) is 0.595. The zero-order chi connectivity index (χ0) is 14.7. The summed E-state index contributed by atoms with van der Waals surface area (Å²) in [6.45, 7) is 4.33. The summed E-state index contributed by atoms with van der Waals surface area (Å²) in [5, 5.41) is 7.02. The minimum absolute atomic E-state index is 0.120. The molecule has 0 atom stereocenters. The van der Waals surface area contributed by atoms with E-state index in [1.807, 2.05) is 27.0 Å². The van der Waals surface area contributed by atoms with Crippen LogP contribution in [0.25, 0.3) is 0 Å². The van der Waals surface area contributed by atoms with Crippen LogP contribution >= 0.6 is 0 Å². The van der Waals surface area contributed by atoms with Crippen LogP contribution in [-0.4, -0.2) is 27.2 Å². The summed E-state index contributed by atoms with van der Waals surface area (Å²) in [5.41, 5.74) is 9.00. The molecule has 6 nitrogen and oxygen atoms in total. The lowest BCUT2D eigenvalue weighted by atomic mass is 10.0. The van der Waals surface area contributed by atoms with E-state index < -0.39 is 0 Å². The molecule has 20 heavy (non-hydrogen) atoms. The Kier molecular flexibility index (Phi) is 4.02. The predicted molar refractivity (Wildman–Crippen MR) is 77.4 cm³/mol. The number of aryl methyl sites for hydroxylation is 3. The molecule has 6 heteroatoms. The fourth-order valence-electron chi connectivity index (χ4n) is 2.00. The van der Waals surface area contributed by atoms with Crippen molar-refractivity contribution >= 4 is 11.6 Å². The molecule has 0 radical (unpaired) electrons. The molecule has 0 saturated carbocycles. The molecule has 106 valence electrons. The summed E-state index contributed by atoms with van der Waals surface area (Å²) in [4.78, 5) is 16.2. The first-order chi connectivity index (χ1) is 9.47. The van der Waals surface area contributed by atoms with Crippen LogP contribution in [0.1, 0.15) is 27.3 Å². The van der Waals surface area contributed by atoms with Gasteiger partial charge in [-0.3, -0.25) is 9.48 Å². The molecular formula is C14H19N5O. The Bertz CT molecular complexity index is 632. The largest absolute Gasteiger partial charge is 0.398 e. The predicted octanol–water partition coefficient (Wildman–Crippen LogP) is 0.987. The molecule has 1 aromatic heterocycles. The van der Waals surface area contributed by atoms with Crippen molar-refractivity contribution in [1.82, 2.24) is 20.1 Å². The number of carbonyl (C=O) groups is 1. The molecule has 1 aromatic carbocycles. The van der Waals surface area contributed by atoms with E-state index in [1.54, 1.807) is 17.1 Å². The molecule has 0 aliphatic carbocycles. The maximum absolute atomic E-state index is 12.1. The Labute approximate surface area is 118 Å². The zero-order valence-corrected chi connectivity index (χ0v) is 12.0. The number of amides is 1. The molecule has 0 saturated heterocycles. The number of nitrogens with zero attached hydrogens (tertiary/aromatic N) is 3. The van der Waals surface area contributed by atoms with E-state index >= 15 is 0 Å². The van der Waals surface area contributed by atoms with Gasteiger partial charge in [0.15, 0.2) is 5.82 Å². The number of hydrogen-bond donors (Lipinski definition) is 2. The highest BCUT2D eigenvalue weighted by molar-refractivity contribution is 5.96. The van der Waals surface area contributed by atoms with Gasteiger partial charge in [-0.25, -0.2) is 4.98 Å². The number of carbonyl (C=O) groups excluding carboxylic acids is 1. The number of anilines is 1. The quantitative estimate of drug-likeness (QED) is 0.813. The van der Waals surface area contributed by atoms with Crippen LogP contribution in [0.2, 0.25) is 0 Å². The molecule has 0 aliphatic heterocycles. The van der Waals surface area contributed by atoms with Gasteiger partial charge in [0, 0.05) is 31.3 Å². The Balaban J connectivity index is 1.97. The number of hydrogen-bond acceptors (Lipinski definition) is 4. The van der Waals surface area contributed by atoms with Gasteiger partial charge in [0.1, 0.15) is 6.33 Å². The second-order valence-electron chi connectivity index (χ2n) is 4.86. The normalized spacial score (nSPS) is 10.6. The molecular weight excluding hydrogens is 254 g/mol. The van der Waals surface area contributed by atoms with Gasteiger partial charge in [-0.1, -0.05) is 6.07 Å². The van der Waals surface area contributed by atoms with Crippen LogP contribution in [0.5, 0.6) is 0 Å². The monoisotopic (exact) mass is 273 g/mol. The van der Waals surface area contributed by atoms with Gasteiger partial charge in [0.05, 0.1) is 0 Å². The summed E-state index contributed by atoms with van der Waals surface area (Å²) in [6.07, 6.45) is 2.24. The molecule has 2 aromatic rings. The lowest BCUT2D eigenvalue weighted by Gasteiger charge is -2.09. The zero-order valence-electron chi connectivity index (χ0n) is 12.0. The Hall–Kier alpha value is -2.37. The molecule has 0 spiro atoms. The van der Waals surface area contributed by atoms with Crippen LogP contribution in [-0.2, 0) is 13.5 Å². The Morgan fingerprint density at radius 1 is 1.35 bits per heavy atom. The van der Waals surface area contributed by atoms with Gasteiger partial charge in [0.25, 0.3) is 5.91 Å². The lowest BCUT2D eigenvalue weighted by molar-refractivity contribution is 0.0953. The van der Waals surface area contributed by atoms with Crippen molar-refractivity contribution in [2.75, 3.05) is 12.3 Å². The minimum Gasteiger partial charge on any atom is -0.398 e. The number of aromatic nitrogens is 3. The molecule has 0 aliphatic rings. The van der Waals surface area contributed by atoms with Gasteiger partial charge in [-0.05, 0) is 31.0 Å². The summed E-state index contributed by atoms with van der Waals surface area (Å²) >= 11 is 0. The van der Waals surface area contributed by atoms with E-state index in [0.29, 0.717) is 30.0 Å². The van der Waals surface area contributed by atoms with Crippen LogP contribution in [0.4, 0.5) is 5.69 Å². The lowest BCUT2D eigenvalue weighted by Crippen LogP contribution is -2.26. The molecule has 3 N–H and O–H groups in total. The number of nitrogen functional groups attached to an aromatic ring is 1. The van der Waals surface area contributed by atoms with E-state index in [0.717, 1.165) is 11.1 Å². The molecule has 1 amide bonds. The van der Waals surface area contributed by atoms with E-state index in [2.05, 4.69) is 15.4 Å². The summed E-state index contributed by atoms with van der Waals surface area (Å²) in [6, 6.07) is 3.64. The van der Waals surface area contributed by atoms with Crippen LogP contribution in [0.3, 0.4) is 0 Å². The van der Waals surface area contributed by atoms with Crippen LogP contribution in [0.15, 0.2) is 18.5 Å². The SMILES string of the molecule is Cc1cc(C)c(C(=O)NCCc2ncn(C)n2)cc1N. The second-order valence-corrected chi connectivity index (χ2v) is 4.86. The van der Waals surface area contributed by atoms with Crippen molar-refractivity contribution in [3.05, 3.63) is 41.0 Å². The average Bonchev–Trinajstić information content (AvgIpc) is 2.79. The smallest absolute Gasteiger partial charge is 0.251 e. The third-order valence-electron chi connectivity index (χ3n) is 3.14. The van der Waals surface area contributed by atoms with Gasteiger partial charge >= 0.3 is 0 Å². The van der Waals surface area contributed by atoms with Gasteiger partial charge in [-0.2, -0.15) is 5.10 Å². The average molecular weight is 273 g/mol. The first kappa shape index (κ1) is 14.0. The number of benzene rings is 1. The topological polar surface area (TPSA) is 85.8 Å². The van der Waals surface area contributed by atoms with Crippen molar-refractivity contribution in [1.29, 1.82) is 0 Å². The third kappa shape index (κ3) is 3.14. The number of nitrogens with one attached hydrogen (secondary N) is 1. The maximum Gasteiger partial charge on any atom is 0.251 e. The number of nitrogens with two attached hydrogens (primary N) is 1. The fourth-order valence-corrected chi connectivity index (χ4v) is 2.00. The molecule has 2 rings (SSSR count). The molecule has 0 fully saturated rings. The molecule has 1 heterocycles. The van der Waals surface area contributed by atoms with Crippen molar-refractivity contribution in [2.24, 2.45) is 7.05 Å². The van der Waals surface area contributed by atoms with Crippen molar-refractivity contribution in [3.8, 4) is 0 Å². The van der Waals surface area contributed by atoms with Gasteiger partial charge in [0.2, 0.25) is 0 Å². The van der Waals surface area contributed by atoms with Crippen molar-refractivity contribution < 1.29 is 4.79 Å². The minimum atomic E-state index is -0.120. The third-order valence-corrected chi connectivity index (χ3v) is 3.14. The summed E-state index contributed by atoms with van der Waals surface area (Å²) in [7, 11) is 1.81. The highest BCUT2D eigenvalue weighted by Crippen LogP contribution is 2.17. The first-order valence-corrected chi connectivity index (χ1v) is 6.47. The standard InChI is InChI=1S/C14H19N5O/c1-9-6-10(2)12(15)7-11(9)14(20)16-5-4-13-17-8-19(3)18-13/h6-8H,4-5,15H2,1-3H3,(H,16,20). The van der Waals surface area contributed by atoms with Crippen LogP contribution in [0, 0.1) is 13.8 Å². The fraction of sp³-hybridized carbons (Fsp3) is 0.357. The second kappa shape index (κ2) is 5.73. The van der Waals surface area contributed by atoms with Crippen molar-refractivity contribution in [2.45, 2.75) is 20.3 Å². The Morgan fingerprint density at radius 2 is 2.10 bits per heavy atom.